The monoisotopic (exact) mass is 279 g/mol. The molecule has 0 saturated carbocycles. The van der Waals surface area contributed by atoms with Crippen LogP contribution in [0.5, 0.6) is 5.75 Å². The van der Waals surface area contributed by atoms with Gasteiger partial charge < -0.3 is 10.5 Å². The molecule has 0 atom stereocenters. The van der Waals surface area contributed by atoms with E-state index < -0.39 is 0 Å². The molecule has 3 rings (SSSR count). The summed E-state index contributed by atoms with van der Waals surface area (Å²) in [6, 6.07) is 15.8. The van der Waals surface area contributed by atoms with E-state index in [1.165, 1.54) is 0 Å². The third kappa shape index (κ3) is 2.89. The third-order valence-electron chi connectivity index (χ3n) is 3.38. The summed E-state index contributed by atoms with van der Waals surface area (Å²) in [5.74, 6) is 0.874. The lowest BCUT2D eigenvalue weighted by Gasteiger charge is -2.07. The first kappa shape index (κ1) is 13.2. The van der Waals surface area contributed by atoms with Crippen LogP contribution in [0.4, 0.5) is 5.69 Å². The molecule has 0 amide bonds. The number of hydrogen-bond acceptors (Lipinski definition) is 3. The molecule has 1 heterocycles. The molecule has 4 heteroatoms. The molecule has 21 heavy (non-hydrogen) atoms. The Hall–Kier alpha value is -2.75. The third-order valence-corrected chi connectivity index (χ3v) is 3.38. The Labute approximate surface area is 123 Å². The highest BCUT2D eigenvalue weighted by molar-refractivity contribution is 5.65. The molecular formula is C17H17N3O. The predicted octanol–water partition coefficient (Wildman–Crippen LogP) is 3.19. The number of aromatic nitrogens is 2. The smallest absolute Gasteiger partial charge is 0.123 e. The van der Waals surface area contributed by atoms with E-state index in [0.29, 0.717) is 6.54 Å². The molecule has 1 aromatic heterocycles. The summed E-state index contributed by atoms with van der Waals surface area (Å²) in [4.78, 5) is 0. The second-order valence-electron chi connectivity index (χ2n) is 4.86. The number of rotatable bonds is 4. The quantitative estimate of drug-likeness (QED) is 0.746. The molecule has 4 nitrogen and oxygen atoms in total. The molecule has 0 spiro atoms. The minimum Gasteiger partial charge on any atom is -0.496 e. The summed E-state index contributed by atoms with van der Waals surface area (Å²) in [5, 5.41) is 4.41. The van der Waals surface area contributed by atoms with Crippen molar-refractivity contribution in [3.8, 4) is 16.9 Å². The van der Waals surface area contributed by atoms with E-state index in [2.05, 4.69) is 5.10 Å². The van der Waals surface area contributed by atoms with Crippen LogP contribution in [-0.2, 0) is 6.54 Å². The van der Waals surface area contributed by atoms with E-state index in [1.807, 2.05) is 65.6 Å². The van der Waals surface area contributed by atoms with Crippen molar-refractivity contribution in [2.24, 2.45) is 0 Å². The molecule has 0 saturated heterocycles. The lowest BCUT2D eigenvalue weighted by atomic mass is 10.1. The Kier molecular flexibility index (Phi) is 3.60. The van der Waals surface area contributed by atoms with E-state index in [4.69, 9.17) is 10.5 Å². The summed E-state index contributed by atoms with van der Waals surface area (Å²) >= 11 is 0. The molecule has 0 aliphatic rings. The van der Waals surface area contributed by atoms with E-state index in [1.54, 1.807) is 7.11 Å². The summed E-state index contributed by atoms with van der Waals surface area (Å²) in [6.45, 7) is 0.673. The van der Waals surface area contributed by atoms with Gasteiger partial charge in [0.2, 0.25) is 0 Å². The number of benzene rings is 2. The van der Waals surface area contributed by atoms with Gasteiger partial charge in [-0.3, -0.25) is 4.68 Å². The maximum Gasteiger partial charge on any atom is 0.123 e. The zero-order valence-electron chi connectivity index (χ0n) is 11.9. The number of hydrogen-bond donors (Lipinski definition) is 1. The van der Waals surface area contributed by atoms with Crippen molar-refractivity contribution in [1.29, 1.82) is 0 Å². The van der Waals surface area contributed by atoms with Crippen molar-refractivity contribution in [3.63, 3.8) is 0 Å². The van der Waals surface area contributed by atoms with Crippen molar-refractivity contribution in [3.05, 3.63) is 66.5 Å². The fraction of sp³-hybridized carbons (Fsp3) is 0.118. The zero-order chi connectivity index (χ0) is 14.7. The molecule has 0 aliphatic heterocycles. The minimum absolute atomic E-state index is 0.673. The summed E-state index contributed by atoms with van der Waals surface area (Å²) < 4.78 is 7.27. The van der Waals surface area contributed by atoms with Gasteiger partial charge in [0.05, 0.1) is 19.9 Å². The van der Waals surface area contributed by atoms with Crippen LogP contribution in [0.1, 0.15) is 5.56 Å². The average Bonchev–Trinajstić information content (AvgIpc) is 2.96. The Morgan fingerprint density at radius 2 is 1.95 bits per heavy atom. The van der Waals surface area contributed by atoms with E-state index in [9.17, 15) is 0 Å². The first-order valence-corrected chi connectivity index (χ1v) is 6.76. The van der Waals surface area contributed by atoms with Crippen LogP contribution in [0, 0.1) is 0 Å². The number of anilines is 1. The molecule has 0 bridgehead atoms. The maximum atomic E-state index is 5.82. The molecule has 0 fully saturated rings. The van der Waals surface area contributed by atoms with Gasteiger partial charge in [-0.2, -0.15) is 5.10 Å². The van der Waals surface area contributed by atoms with Gasteiger partial charge in [-0.15, -0.1) is 0 Å². The van der Waals surface area contributed by atoms with Crippen LogP contribution < -0.4 is 10.5 Å². The summed E-state index contributed by atoms with van der Waals surface area (Å²) in [6.07, 6.45) is 3.87. The van der Waals surface area contributed by atoms with Crippen molar-refractivity contribution in [2.75, 3.05) is 12.8 Å². The van der Waals surface area contributed by atoms with Crippen LogP contribution >= 0.6 is 0 Å². The van der Waals surface area contributed by atoms with Crippen LogP contribution in [0.15, 0.2) is 60.9 Å². The summed E-state index contributed by atoms with van der Waals surface area (Å²) in [5.41, 5.74) is 9.80. The Balaban J connectivity index is 1.85. The number of para-hydroxylation sites is 1. The van der Waals surface area contributed by atoms with E-state index in [0.717, 1.165) is 28.1 Å². The molecule has 3 aromatic rings. The lowest BCUT2D eigenvalue weighted by Crippen LogP contribution is -2.01. The van der Waals surface area contributed by atoms with Crippen LogP contribution in [0.3, 0.4) is 0 Å². The molecule has 106 valence electrons. The Bertz CT molecular complexity index is 749. The highest BCUT2D eigenvalue weighted by Crippen LogP contribution is 2.22. The van der Waals surface area contributed by atoms with Gasteiger partial charge in [0, 0.05) is 23.0 Å². The molecule has 0 radical (unpaired) electrons. The van der Waals surface area contributed by atoms with Crippen molar-refractivity contribution < 1.29 is 4.74 Å². The molecular weight excluding hydrogens is 262 g/mol. The predicted molar refractivity (Wildman–Crippen MR) is 84.2 cm³/mol. The molecule has 2 N–H and O–H groups in total. The topological polar surface area (TPSA) is 53.1 Å². The fourth-order valence-corrected chi connectivity index (χ4v) is 2.33. The van der Waals surface area contributed by atoms with Gasteiger partial charge in [0.25, 0.3) is 0 Å². The van der Waals surface area contributed by atoms with Gasteiger partial charge in [0.15, 0.2) is 0 Å². The van der Waals surface area contributed by atoms with Crippen LogP contribution in [0.25, 0.3) is 11.1 Å². The zero-order valence-corrected chi connectivity index (χ0v) is 11.9. The highest BCUT2D eigenvalue weighted by atomic mass is 16.5. The highest BCUT2D eigenvalue weighted by Gasteiger charge is 2.06. The van der Waals surface area contributed by atoms with Gasteiger partial charge in [0.1, 0.15) is 5.75 Å². The summed E-state index contributed by atoms with van der Waals surface area (Å²) in [7, 11) is 1.68. The fourth-order valence-electron chi connectivity index (χ4n) is 2.33. The largest absolute Gasteiger partial charge is 0.496 e. The molecule has 0 aliphatic carbocycles. The van der Waals surface area contributed by atoms with E-state index >= 15 is 0 Å². The van der Waals surface area contributed by atoms with Gasteiger partial charge in [-0.25, -0.2) is 0 Å². The molecule has 2 aromatic carbocycles. The number of methoxy groups -OCH3 is 1. The number of nitrogens with two attached hydrogens (primary N) is 1. The first-order valence-electron chi connectivity index (χ1n) is 6.76. The van der Waals surface area contributed by atoms with Crippen molar-refractivity contribution in [1.82, 2.24) is 9.78 Å². The second kappa shape index (κ2) is 5.71. The SMILES string of the molecule is COc1ccccc1Cn1cc(-c2cccc(N)c2)cn1. The second-order valence-corrected chi connectivity index (χ2v) is 4.86. The van der Waals surface area contributed by atoms with Crippen molar-refractivity contribution in [2.45, 2.75) is 6.54 Å². The number of ether oxygens (including phenoxy) is 1. The Morgan fingerprint density at radius 3 is 2.76 bits per heavy atom. The van der Waals surface area contributed by atoms with Gasteiger partial charge in [-0.05, 0) is 23.8 Å². The standard InChI is InChI=1S/C17H17N3O/c1-21-17-8-3-2-5-14(17)11-20-12-15(10-19-20)13-6-4-7-16(18)9-13/h2-10,12H,11,18H2,1H3. The Morgan fingerprint density at radius 1 is 1.10 bits per heavy atom. The maximum absolute atomic E-state index is 5.82. The average molecular weight is 279 g/mol. The number of nitrogen functional groups attached to an aromatic ring is 1. The van der Waals surface area contributed by atoms with Crippen molar-refractivity contribution >= 4 is 5.69 Å². The number of nitrogens with zero attached hydrogens (tertiary/aromatic N) is 2. The normalized spacial score (nSPS) is 10.5. The van der Waals surface area contributed by atoms with Crippen LogP contribution in [-0.4, -0.2) is 16.9 Å². The molecule has 0 unspecified atom stereocenters. The van der Waals surface area contributed by atoms with Gasteiger partial charge in [-0.1, -0.05) is 30.3 Å². The lowest BCUT2D eigenvalue weighted by molar-refractivity contribution is 0.407. The van der Waals surface area contributed by atoms with E-state index in [-0.39, 0.29) is 0 Å². The first-order chi connectivity index (χ1) is 10.3. The van der Waals surface area contributed by atoms with Gasteiger partial charge >= 0.3 is 0 Å². The van der Waals surface area contributed by atoms with Crippen LogP contribution in [0.2, 0.25) is 0 Å². The minimum atomic E-state index is 0.673.